The van der Waals surface area contributed by atoms with Gasteiger partial charge in [0.05, 0.1) is 10.5 Å². The van der Waals surface area contributed by atoms with Gasteiger partial charge in [0.1, 0.15) is 0 Å². The monoisotopic (exact) mass is 294 g/mol. The number of nitrogens with one attached hydrogen (secondary N) is 2. The van der Waals surface area contributed by atoms with Crippen molar-refractivity contribution < 1.29 is 9.72 Å². The van der Waals surface area contributed by atoms with Gasteiger partial charge in [0, 0.05) is 24.4 Å². The van der Waals surface area contributed by atoms with E-state index >= 15 is 0 Å². The van der Waals surface area contributed by atoms with Crippen molar-refractivity contribution in [2.24, 2.45) is 11.7 Å². The molecule has 0 saturated carbocycles. The van der Waals surface area contributed by atoms with Gasteiger partial charge in [0.2, 0.25) is 0 Å². The lowest BCUT2D eigenvalue weighted by atomic mass is 9.91. The maximum atomic E-state index is 12.0. The fourth-order valence-electron chi connectivity index (χ4n) is 2.19. The van der Waals surface area contributed by atoms with Crippen LogP contribution in [0.25, 0.3) is 0 Å². The molecule has 1 rings (SSSR count). The van der Waals surface area contributed by atoms with Crippen LogP contribution in [0.1, 0.15) is 27.2 Å². The molecule has 21 heavy (non-hydrogen) atoms. The summed E-state index contributed by atoms with van der Waals surface area (Å²) in [4.78, 5) is 22.0. The minimum Gasteiger partial charge on any atom is -0.331 e. The third-order valence-corrected chi connectivity index (χ3v) is 3.06. The van der Waals surface area contributed by atoms with Gasteiger partial charge in [-0.2, -0.15) is 0 Å². The second-order valence-electron chi connectivity index (χ2n) is 5.75. The first kappa shape index (κ1) is 16.9. The molecule has 116 valence electrons. The van der Waals surface area contributed by atoms with Gasteiger partial charge in [-0.15, -0.1) is 0 Å². The normalized spacial score (nSPS) is 13.6. The van der Waals surface area contributed by atoms with E-state index in [2.05, 4.69) is 24.5 Å². The fourth-order valence-corrected chi connectivity index (χ4v) is 2.19. The van der Waals surface area contributed by atoms with E-state index < -0.39 is 10.5 Å². The Labute approximate surface area is 124 Å². The second-order valence-corrected chi connectivity index (χ2v) is 5.75. The number of anilines is 1. The molecule has 7 heteroatoms. The number of rotatable bonds is 6. The van der Waals surface area contributed by atoms with Crippen LogP contribution in [0.2, 0.25) is 0 Å². The quantitative estimate of drug-likeness (QED) is 0.553. The van der Waals surface area contributed by atoms with Crippen LogP contribution in [0, 0.1) is 16.0 Å². The summed E-state index contributed by atoms with van der Waals surface area (Å²) < 4.78 is 0. The van der Waals surface area contributed by atoms with Crippen LogP contribution in [0.4, 0.5) is 16.2 Å². The predicted molar refractivity (Wildman–Crippen MR) is 82.2 cm³/mol. The molecule has 0 saturated heterocycles. The third kappa shape index (κ3) is 5.39. The zero-order valence-electron chi connectivity index (χ0n) is 12.6. The molecule has 2 amide bonds. The highest BCUT2D eigenvalue weighted by atomic mass is 16.6. The van der Waals surface area contributed by atoms with Crippen LogP contribution >= 0.6 is 0 Å². The van der Waals surface area contributed by atoms with E-state index in [0.717, 1.165) is 6.42 Å². The Morgan fingerprint density at radius 2 is 1.95 bits per heavy atom. The zero-order valence-corrected chi connectivity index (χ0v) is 12.6. The summed E-state index contributed by atoms with van der Waals surface area (Å²) in [5, 5.41) is 16.1. The molecule has 7 nitrogen and oxygen atoms in total. The number of hydrogen-bond donors (Lipinski definition) is 3. The minimum absolute atomic E-state index is 0.0208. The minimum atomic E-state index is -0.488. The van der Waals surface area contributed by atoms with Crippen LogP contribution in [0.15, 0.2) is 24.3 Å². The summed E-state index contributed by atoms with van der Waals surface area (Å²) in [7, 11) is 0. The molecule has 4 N–H and O–H groups in total. The lowest BCUT2D eigenvalue weighted by Crippen LogP contribution is -2.53. The second kappa shape index (κ2) is 7.03. The van der Waals surface area contributed by atoms with E-state index in [1.54, 1.807) is 0 Å². The first-order valence-electron chi connectivity index (χ1n) is 6.79. The fraction of sp³-hybridized carbons (Fsp3) is 0.500. The molecule has 1 aromatic rings. The molecule has 0 aliphatic heterocycles. The Bertz CT molecular complexity index is 501. The summed E-state index contributed by atoms with van der Waals surface area (Å²) in [6.45, 7) is 6.34. The van der Waals surface area contributed by atoms with E-state index in [-0.39, 0.29) is 11.7 Å². The van der Waals surface area contributed by atoms with E-state index in [1.165, 1.54) is 24.3 Å². The Morgan fingerprint density at radius 1 is 1.38 bits per heavy atom. The largest absolute Gasteiger partial charge is 0.331 e. The van der Waals surface area contributed by atoms with Gasteiger partial charge in [0.15, 0.2) is 0 Å². The number of nitrogens with zero attached hydrogens (tertiary/aromatic N) is 1. The number of carbonyl (C=O) groups is 1. The number of urea groups is 1. The van der Waals surface area contributed by atoms with E-state index in [1.807, 2.05) is 6.92 Å². The van der Waals surface area contributed by atoms with Crippen LogP contribution < -0.4 is 16.4 Å². The third-order valence-electron chi connectivity index (χ3n) is 3.06. The first-order chi connectivity index (χ1) is 9.75. The van der Waals surface area contributed by atoms with Crippen LogP contribution in [-0.2, 0) is 0 Å². The number of nitro groups is 1. The smallest absolute Gasteiger partial charge is 0.319 e. The lowest BCUT2D eigenvalue weighted by Gasteiger charge is -2.31. The molecule has 0 aliphatic carbocycles. The summed E-state index contributed by atoms with van der Waals surface area (Å²) in [6.07, 6.45) is 0.761. The number of nitrogens with two attached hydrogens (primary N) is 1. The van der Waals surface area contributed by atoms with Crippen molar-refractivity contribution in [1.29, 1.82) is 0 Å². The van der Waals surface area contributed by atoms with Gasteiger partial charge in [-0.25, -0.2) is 4.79 Å². The van der Waals surface area contributed by atoms with Crippen LogP contribution in [0.3, 0.4) is 0 Å². The number of non-ortho nitro benzene ring substituents is 1. The molecule has 1 atom stereocenters. The van der Waals surface area contributed by atoms with Gasteiger partial charge in [-0.05, 0) is 31.4 Å². The molecule has 0 radical (unpaired) electrons. The summed E-state index contributed by atoms with van der Waals surface area (Å²) in [5.41, 5.74) is 5.71. The van der Waals surface area contributed by atoms with Crippen LogP contribution in [-0.4, -0.2) is 23.0 Å². The van der Waals surface area contributed by atoms with Crippen molar-refractivity contribution in [2.75, 3.05) is 11.9 Å². The van der Waals surface area contributed by atoms with Gasteiger partial charge in [-0.3, -0.25) is 10.1 Å². The Kier molecular flexibility index (Phi) is 5.66. The molecular weight excluding hydrogens is 272 g/mol. The zero-order chi connectivity index (χ0) is 16.0. The average Bonchev–Trinajstić information content (AvgIpc) is 2.38. The van der Waals surface area contributed by atoms with Gasteiger partial charge in [-0.1, -0.05) is 13.8 Å². The maximum Gasteiger partial charge on any atom is 0.319 e. The molecule has 1 aromatic carbocycles. The Hall–Kier alpha value is -2.15. The molecular formula is C14H22N4O3. The van der Waals surface area contributed by atoms with E-state index in [0.29, 0.717) is 18.2 Å². The molecule has 0 aromatic heterocycles. The number of amides is 2. The van der Waals surface area contributed by atoms with Crippen molar-refractivity contribution in [3.8, 4) is 0 Å². The number of carbonyl (C=O) groups excluding carboxylic acids is 1. The highest BCUT2D eigenvalue weighted by Crippen LogP contribution is 2.17. The molecule has 0 fully saturated rings. The number of benzene rings is 1. The maximum absolute atomic E-state index is 12.0. The van der Waals surface area contributed by atoms with Crippen molar-refractivity contribution in [3.05, 3.63) is 34.4 Å². The van der Waals surface area contributed by atoms with Crippen LogP contribution in [0.5, 0.6) is 0 Å². The van der Waals surface area contributed by atoms with Gasteiger partial charge >= 0.3 is 6.03 Å². The summed E-state index contributed by atoms with van der Waals surface area (Å²) in [6, 6.07) is 5.27. The Morgan fingerprint density at radius 3 is 2.38 bits per heavy atom. The number of hydrogen-bond acceptors (Lipinski definition) is 4. The SMILES string of the molecule is CC(C)CC(C)(CN)NC(=O)Nc1ccc([N+](=O)[O-])cc1. The van der Waals surface area contributed by atoms with Crippen molar-refractivity contribution in [3.63, 3.8) is 0 Å². The summed E-state index contributed by atoms with van der Waals surface area (Å²) in [5.74, 6) is 0.401. The van der Waals surface area contributed by atoms with Gasteiger partial charge < -0.3 is 16.4 Å². The molecule has 0 heterocycles. The van der Waals surface area contributed by atoms with E-state index in [9.17, 15) is 14.9 Å². The van der Waals surface area contributed by atoms with E-state index in [4.69, 9.17) is 5.73 Å². The van der Waals surface area contributed by atoms with Crippen molar-refractivity contribution >= 4 is 17.4 Å². The summed E-state index contributed by atoms with van der Waals surface area (Å²) >= 11 is 0. The molecule has 0 aliphatic rings. The standard InChI is InChI=1S/C14H22N4O3/c1-10(2)8-14(3,9-15)17-13(19)16-11-4-6-12(7-5-11)18(20)21/h4-7,10H,8-9,15H2,1-3H3,(H2,16,17,19). The highest BCUT2D eigenvalue weighted by Gasteiger charge is 2.25. The predicted octanol–water partition coefficient (Wildman–Crippen LogP) is 2.48. The lowest BCUT2D eigenvalue weighted by molar-refractivity contribution is -0.384. The molecule has 0 spiro atoms. The topological polar surface area (TPSA) is 110 Å². The van der Waals surface area contributed by atoms with Gasteiger partial charge in [0.25, 0.3) is 5.69 Å². The Balaban J connectivity index is 2.66. The van der Waals surface area contributed by atoms with Crippen molar-refractivity contribution in [2.45, 2.75) is 32.7 Å². The molecule has 1 unspecified atom stereocenters. The first-order valence-corrected chi connectivity index (χ1v) is 6.79. The number of nitro benzene ring substituents is 1. The average molecular weight is 294 g/mol. The van der Waals surface area contributed by atoms with Crippen molar-refractivity contribution in [1.82, 2.24) is 5.32 Å². The molecule has 0 bridgehead atoms. The highest BCUT2D eigenvalue weighted by molar-refractivity contribution is 5.89.